The van der Waals surface area contributed by atoms with Gasteiger partial charge in [-0.05, 0) is 42.0 Å². The van der Waals surface area contributed by atoms with E-state index in [0.29, 0.717) is 31.7 Å². The van der Waals surface area contributed by atoms with Crippen molar-refractivity contribution in [2.75, 3.05) is 18.3 Å². The topological polar surface area (TPSA) is 109 Å². The number of hydrogen-bond acceptors (Lipinski definition) is 6. The first kappa shape index (κ1) is 21.7. The normalized spacial score (nSPS) is 22.3. The van der Waals surface area contributed by atoms with Crippen molar-refractivity contribution in [3.05, 3.63) is 68.8 Å². The highest BCUT2D eigenvalue weighted by Gasteiger charge is 2.43. The lowest BCUT2D eigenvalue weighted by atomic mass is 9.82. The Morgan fingerprint density at radius 2 is 1.88 bits per heavy atom. The fourth-order valence-corrected chi connectivity index (χ4v) is 5.73. The van der Waals surface area contributed by atoms with E-state index in [0.717, 1.165) is 17.7 Å². The molecular weight excluding hydrogens is 424 g/mol. The molecule has 1 fully saturated rings. The van der Waals surface area contributed by atoms with Crippen LogP contribution >= 0.6 is 0 Å². The minimum atomic E-state index is -0.559. The van der Waals surface area contributed by atoms with Crippen LogP contribution in [0.3, 0.4) is 0 Å². The average Bonchev–Trinajstić information content (AvgIpc) is 3.10. The van der Waals surface area contributed by atoms with Crippen molar-refractivity contribution in [1.82, 2.24) is 14.4 Å². The van der Waals surface area contributed by atoms with Crippen LogP contribution < -0.4 is 10.8 Å². The fraction of sp³-hybridized carbons (Fsp3) is 0.458. The van der Waals surface area contributed by atoms with Gasteiger partial charge >= 0.3 is 0 Å². The SMILES string of the molecule is CC(C)C(C(=O)N1CC2CC(C1)c1ccc(N([O-])O)c(=O)n1C2)N1Cc2ccccc2C1=O. The van der Waals surface area contributed by atoms with E-state index in [1.165, 1.54) is 6.07 Å². The third-order valence-corrected chi connectivity index (χ3v) is 7.17. The van der Waals surface area contributed by atoms with Crippen LogP contribution in [0.4, 0.5) is 5.69 Å². The van der Waals surface area contributed by atoms with Gasteiger partial charge in [0.2, 0.25) is 5.91 Å². The molecule has 1 N–H and O–H groups in total. The molecule has 5 rings (SSSR count). The second-order valence-electron chi connectivity index (χ2n) is 9.65. The van der Waals surface area contributed by atoms with Crippen molar-refractivity contribution >= 4 is 17.5 Å². The second kappa shape index (κ2) is 8.00. The van der Waals surface area contributed by atoms with Gasteiger partial charge in [-0.15, -0.1) is 0 Å². The van der Waals surface area contributed by atoms with Gasteiger partial charge < -0.3 is 24.8 Å². The lowest BCUT2D eigenvalue weighted by Gasteiger charge is -2.45. The first-order chi connectivity index (χ1) is 15.8. The highest BCUT2D eigenvalue weighted by Crippen LogP contribution is 2.37. The molecule has 3 unspecified atom stereocenters. The summed E-state index contributed by atoms with van der Waals surface area (Å²) in [5, 5.41) is 20.1. The summed E-state index contributed by atoms with van der Waals surface area (Å²) in [5.41, 5.74) is 1.55. The van der Waals surface area contributed by atoms with Gasteiger partial charge in [0.25, 0.3) is 11.5 Å². The van der Waals surface area contributed by atoms with Gasteiger partial charge in [0.05, 0.1) is 0 Å². The Balaban J connectivity index is 1.41. The van der Waals surface area contributed by atoms with Crippen LogP contribution in [-0.4, -0.2) is 50.5 Å². The Morgan fingerprint density at radius 1 is 1.12 bits per heavy atom. The minimum absolute atomic E-state index is 0.0405. The quantitative estimate of drug-likeness (QED) is 0.714. The molecule has 0 spiro atoms. The van der Waals surface area contributed by atoms with E-state index in [1.54, 1.807) is 15.5 Å². The number of carbonyl (C=O) groups is 2. The molecule has 0 radical (unpaired) electrons. The molecule has 3 aliphatic rings. The van der Waals surface area contributed by atoms with Crippen molar-refractivity contribution in [2.45, 2.75) is 45.3 Å². The maximum absolute atomic E-state index is 13.8. The zero-order valence-corrected chi connectivity index (χ0v) is 18.7. The lowest BCUT2D eigenvalue weighted by Crippen LogP contribution is -2.56. The molecule has 1 saturated heterocycles. The van der Waals surface area contributed by atoms with Crippen LogP contribution in [0.2, 0.25) is 0 Å². The van der Waals surface area contributed by atoms with Crippen LogP contribution in [0.15, 0.2) is 41.2 Å². The molecule has 174 valence electrons. The van der Waals surface area contributed by atoms with Gasteiger partial charge in [0, 0.05) is 43.4 Å². The first-order valence-electron chi connectivity index (χ1n) is 11.3. The fourth-order valence-electron chi connectivity index (χ4n) is 5.73. The maximum atomic E-state index is 13.8. The van der Waals surface area contributed by atoms with E-state index in [9.17, 15) is 24.8 Å². The summed E-state index contributed by atoms with van der Waals surface area (Å²) in [5.74, 6) is -0.199. The second-order valence-corrected chi connectivity index (χ2v) is 9.65. The molecule has 2 aromatic rings. The summed E-state index contributed by atoms with van der Waals surface area (Å²) in [6.45, 7) is 5.68. The van der Waals surface area contributed by atoms with Crippen LogP contribution in [0.25, 0.3) is 0 Å². The highest BCUT2D eigenvalue weighted by molar-refractivity contribution is 6.01. The number of piperidine rings is 1. The van der Waals surface area contributed by atoms with Crippen LogP contribution in [0.5, 0.6) is 0 Å². The number of carbonyl (C=O) groups excluding carboxylic acids is 2. The van der Waals surface area contributed by atoms with E-state index in [4.69, 9.17) is 0 Å². The van der Waals surface area contributed by atoms with Gasteiger partial charge in [-0.2, -0.15) is 0 Å². The summed E-state index contributed by atoms with van der Waals surface area (Å²) in [4.78, 5) is 43.0. The van der Waals surface area contributed by atoms with Gasteiger partial charge in [-0.1, -0.05) is 32.0 Å². The zero-order chi connectivity index (χ0) is 23.4. The van der Waals surface area contributed by atoms with E-state index < -0.39 is 16.8 Å². The number of aromatic nitrogens is 1. The minimum Gasteiger partial charge on any atom is -0.733 e. The number of fused-ring (bicyclic) bond motifs is 5. The Labute approximate surface area is 191 Å². The van der Waals surface area contributed by atoms with Gasteiger partial charge in [0.1, 0.15) is 11.7 Å². The Kier molecular flexibility index (Phi) is 5.25. The van der Waals surface area contributed by atoms with Crippen molar-refractivity contribution < 1.29 is 14.8 Å². The molecular formula is C24H27N4O5-. The predicted molar refractivity (Wildman–Crippen MR) is 121 cm³/mol. The third-order valence-electron chi connectivity index (χ3n) is 7.17. The van der Waals surface area contributed by atoms with Crippen LogP contribution in [0.1, 0.15) is 47.8 Å². The Morgan fingerprint density at radius 3 is 2.58 bits per heavy atom. The summed E-state index contributed by atoms with van der Waals surface area (Å²) in [6.07, 6.45) is 0.850. The number of anilines is 1. The van der Waals surface area contributed by atoms with Crippen LogP contribution in [0, 0.1) is 17.0 Å². The van der Waals surface area contributed by atoms with Crippen molar-refractivity contribution in [1.29, 1.82) is 0 Å². The molecule has 33 heavy (non-hydrogen) atoms. The van der Waals surface area contributed by atoms with Gasteiger partial charge in [-0.25, -0.2) is 0 Å². The largest absolute Gasteiger partial charge is 0.733 e. The lowest BCUT2D eigenvalue weighted by molar-refractivity contribution is -0.140. The Bertz CT molecular complexity index is 1170. The summed E-state index contributed by atoms with van der Waals surface area (Å²) >= 11 is 0. The van der Waals surface area contributed by atoms with Crippen molar-refractivity contribution in [3.63, 3.8) is 0 Å². The molecule has 3 atom stereocenters. The van der Waals surface area contributed by atoms with Gasteiger partial charge in [-0.3, -0.25) is 19.6 Å². The molecule has 1 aromatic carbocycles. The number of pyridine rings is 1. The summed E-state index contributed by atoms with van der Waals surface area (Å²) in [7, 11) is 0. The smallest absolute Gasteiger partial charge is 0.275 e. The molecule has 2 amide bonds. The molecule has 2 bridgehead atoms. The standard InChI is InChI=1S/C24H27N4O5/c1-14(2)21(27-13-16-5-3-4-6-18(16)22(27)29)24(31)25-10-15-9-17(12-25)19-7-8-20(28(32)33)23(30)26(19)11-15/h3-8,14-15,17,21,32H,9-13H2,1-2H3/q-1. The molecule has 1 aromatic heterocycles. The number of amides is 2. The average molecular weight is 452 g/mol. The molecule has 9 heteroatoms. The van der Waals surface area contributed by atoms with Crippen molar-refractivity contribution in [3.8, 4) is 0 Å². The molecule has 4 heterocycles. The number of benzene rings is 1. The monoisotopic (exact) mass is 451 g/mol. The molecule has 3 aliphatic heterocycles. The third kappa shape index (κ3) is 3.52. The molecule has 0 aliphatic carbocycles. The highest BCUT2D eigenvalue weighted by atomic mass is 16.8. The van der Waals surface area contributed by atoms with E-state index >= 15 is 0 Å². The first-order valence-corrected chi connectivity index (χ1v) is 11.3. The van der Waals surface area contributed by atoms with Crippen LogP contribution in [-0.2, 0) is 17.9 Å². The van der Waals surface area contributed by atoms with Gasteiger partial charge in [0.15, 0.2) is 0 Å². The predicted octanol–water partition coefficient (Wildman–Crippen LogP) is 2.17. The molecule has 9 nitrogen and oxygen atoms in total. The van der Waals surface area contributed by atoms with E-state index in [2.05, 4.69) is 0 Å². The number of nitrogens with zero attached hydrogens (tertiary/aromatic N) is 4. The zero-order valence-electron chi connectivity index (χ0n) is 18.7. The van der Waals surface area contributed by atoms with E-state index in [-0.39, 0.29) is 35.3 Å². The molecule has 0 saturated carbocycles. The van der Waals surface area contributed by atoms with E-state index in [1.807, 2.05) is 43.0 Å². The summed E-state index contributed by atoms with van der Waals surface area (Å²) < 4.78 is 1.55. The number of likely N-dealkylation sites (tertiary alicyclic amines) is 1. The number of rotatable bonds is 4. The van der Waals surface area contributed by atoms with Crippen molar-refractivity contribution in [2.24, 2.45) is 11.8 Å². The maximum Gasteiger partial charge on any atom is 0.275 e. The summed E-state index contributed by atoms with van der Waals surface area (Å²) in [6, 6.07) is 9.94. The Hall–Kier alpha value is -3.17. The number of hydrogen-bond donors (Lipinski definition) is 1.